The van der Waals surface area contributed by atoms with Crippen molar-refractivity contribution < 1.29 is 0 Å². The molecule has 0 aromatic heterocycles. The molecule has 1 saturated heterocycles. The van der Waals surface area contributed by atoms with E-state index < -0.39 is 0 Å². The highest BCUT2D eigenvalue weighted by atomic mass is 15.3. The van der Waals surface area contributed by atoms with Crippen molar-refractivity contribution >= 4 is 0 Å². The molecule has 1 heterocycles. The monoisotopic (exact) mass is 344 g/mol. The Morgan fingerprint density at radius 1 is 0.769 bits per heavy atom. The first kappa shape index (κ1) is 17.3. The van der Waals surface area contributed by atoms with E-state index in [1.165, 1.54) is 31.2 Å². The summed E-state index contributed by atoms with van der Waals surface area (Å²) < 4.78 is 0. The molecule has 1 aliphatic carbocycles. The van der Waals surface area contributed by atoms with E-state index in [9.17, 15) is 0 Å². The van der Waals surface area contributed by atoms with Gasteiger partial charge in [-0.2, -0.15) is 0 Å². The van der Waals surface area contributed by atoms with E-state index >= 15 is 0 Å². The van der Waals surface area contributed by atoms with Crippen LogP contribution in [0.25, 0.3) is 0 Å². The van der Waals surface area contributed by atoms with Crippen LogP contribution < -0.4 is 0 Å². The molecule has 0 amide bonds. The van der Waals surface area contributed by atoms with Crippen molar-refractivity contribution in [2.24, 2.45) is 0 Å². The summed E-state index contributed by atoms with van der Waals surface area (Å²) >= 11 is 0. The van der Waals surface area contributed by atoms with Gasteiger partial charge in [0.05, 0.1) is 5.54 Å². The molecule has 0 atom stereocenters. The van der Waals surface area contributed by atoms with E-state index in [2.05, 4.69) is 82.3 Å². The minimum absolute atomic E-state index is 0.106. The molecule has 2 heteroatoms. The summed E-state index contributed by atoms with van der Waals surface area (Å²) in [7, 11) is 0. The number of piperazine rings is 1. The maximum Gasteiger partial charge on any atom is 0.0830 e. The first-order valence-corrected chi connectivity index (χ1v) is 9.94. The molecule has 2 aromatic rings. The predicted molar refractivity (Wildman–Crippen MR) is 108 cm³/mol. The lowest BCUT2D eigenvalue weighted by molar-refractivity contribution is 0.0633. The smallest absolute Gasteiger partial charge is 0.0830 e. The fourth-order valence-electron chi connectivity index (χ4n) is 4.37. The highest BCUT2D eigenvalue weighted by molar-refractivity contribution is 5.37. The molecular formula is C24H28N2. The van der Waals surface area contributed by atoms with Crippen LogP contribution >= 0.6 is 0 Å². The molecule has 2 nitrogen and oxygen atoms in total. The van der Waals surface area contributed by atoms with Crippen LogP contribution in [-0.4, -0.2) is 41.5 Å². The van der Waals surface area contributed by atoms with Crippen molar-refractivity contribution in [2.45, 2.75) is 37.8 Å². The summed E-state index contributed by atoms with van der Waals surface area (Å²) in [6, 6.07) is 21.3. The van der Waals surface area contributed by atoms with Gasteiger partial charge in [-0.05, 0) is 30.5 Å². The molecule has 0 bridgehead atoms. The Morgan fingerprint density at radius 3 is 2.04 bits per heavy atom. The summed E-state index contributed by atoms with van der Waals surface area (Å²) in [5.74, 6) is 7.17. The maximum absolute atomic E-state index is 3.70. The fourth-order valence-corrected chi connectivity index (χ4v) is 4.37. The molecule has 0 unspecified atom stereocenters. The number of benzene rings is 2. The zero-order valence-corrected chi connectivity index (χ0v) is 15.5. The molecule has 134 valence electrons. The van der Waals surface area contributed by atoms with Crippen molar-refractivity contribution in [1.29, 1.82) is 0 Å². The lowest BCUT2D eigenvalue weighted by Gasteiger charge is -2.43. The number of hydrogen-bond donors (Lipinski definition) is 0. The van der Waals surface area contributed by atoms with Crippen LogP contribution in [0.1, 0.15) is 36.8 Å². The zero-order chi connectivity index (χ0) is 17.7. The van der Waals surface area contributed by atoms with Gasteiger partial charge in [-0.1, -0.05) is 73.2 Å². The maximum atomic E-state index is 3.70. The second-order valence-corrected chi connectivity index (χ2v) is 7.60. The summed E-state index contributed by atoms with van der Waals surface area (Å²) in [6.07, 6.45) is 5.08. The Hall–Kier alpha value is -2.08. The van der Waals surface area contributed by atoms with Crippen LogP contribution in [0.5, 0.6) is 0 Å². The molecule has 4 rings (SSSR count). The minimum Gasteiger partial charge on any atom is -0.297 e. The van der Waals surface area contributed by atoms with Crippen LogP contribution in [0.4, 0.5) is 0 Å². The van der Waals surface area contributed by atoms with Gasteiger partial charge in [0.2, 0.25) is 0 Å². The SMILES string of the molecule is C(#CC1(N2CCN(Cc3ccccc3)CC2)CCCC1)c1ccccc1. The van der Waals surface area contributed by atoms with Gasteiger partial charge >= 0.3 is 0 Å². The molecule has 2 aromatic carbocycles. The van der Waals surface area contributed by atoms with Gasteiger partial charge in [0, 0.05) is 38.3 Å². The van der Waals surface area contributed by atoms with Gasteiger partial charge < -0.3 is 0 Å². The largest absolute Gasteiger partial charge is 0.297 e. The molecule has 26 heavy (non-hydrogen) atoms. The van der Waals surface area contributed by atoms with E-state index in [0.717, 1.165) is 38.3 Å². The van der Waals surface area contributed by atoms with E-state index in [-0.39, 0.29) is 5.54 Å². The average molecular weight is 345 g/mol. The topological polar surface area (TPSA) is 6.48 Å². The standard InChI is InChI=1S/C24H28N2/c1-3-9-22(10-4-1)13-16-24(14-7-8-15-24)26-19-17-25(18-20-26)21-23-11-5-2-6-12-23/h1-6,9-12H,7-8,14-15,17-21H2. The van der Waals surface area contributed by atoms with Crippen LogP contribution in [-0.2, 0) is 6.54 Å². The molecule has 1 aliphatic heterocycles. The number of hydrogen-bond acceptors (Lipinski definition) is 2. The molecule has 2 aliphatic rings. The first-order valence-electron chi connectivity index (χ1n) is 9.94. The number of nitrogens with zero attached hydrogens (tertiary/aromatic N) is 2. The van der Waals surface area contributed by atoms with Crippen molar-refractivity contribution in [3.8, 4) is 11.8 Å². The van der Waals surface area contributed by atoms with Crippen molar-refractivity contribution in [2.75, 3.05) is 26.2 Å². The van der Waals surface area contributed by atoms with E-state index in [0.29, 0.717) is 0 Å². The zero-order valence-electron chi connectivity index (χ0n) is 15.5. The summed E-state index contributed by atoms with van der Waals surface area (Å²) in [5.41, 5.74) is 2.66. The average Bonchev–Trinajstić information content (AvgIpc) is 3.19. The van der Waals surface area contributed by atoms with Gasteiger partial charge in [-0.3, -0.25) is 9.80 Å². The van der Waals surface area contributed by atoms with Crippen LogP contribution in [0.3, 0.4) is 0 Å². The van der Waals surface area contributed by atoms with Gasteiger partial charge in [-0.25, -0.2) is 0 Å². The van der Waals surface area contributed by atoms with E-state index in [1.807, 2.05) is 0 Å². The van der Waals surface area contributed by atoms with Gasteiger partial charge in [0.25, 0.3) is 0 Å². The third-order valence-electron chi connectivity index (χ3n) is 5.87. The number of rotatable bonds is 3. The van der Waals surface area contributed by atoms with Gasteiger partial charge in [-0.15, -0.1) is 0 Å². The lowest BCUT2D eigenvalue weighted by Crippen LogP contribution is -2.55. The summed E-state index contributed by atoms with van der Waals surface area (Å²) in [6.45, 7) is 5.62. The van der Waals surface area contributed by atoms with Crippen LogP contribution in [0.15, 0.2) is 60.7 Å². The van der Waals surface area contributed by atoms with Crippen LogP contribution in [0, 0.1) is 11.8 Å². The van der Waals surface area contributed by atoms with Crippen molar-refractivity contribution in [3.63, 3.8) is 0 Å². The summed E-state index contributed by atoms with van der Waals surface area (Å²) in [4.78, 5) is 5.26. The van der Waals surface area contributed by atoms with E-state index in [4.69, 9.17) is 0 Å². The Kier molecular flexibility index (Phi) is 5.39. The first-order chi connectivity index (χ1) is 12.8. The Balaban J connectivity index is 1.42. The molecular weight excluding hydrogens is 316 g/mol. The highest BCUT2D eigenvalue weighted by Crippen LogP contribution is 2.35. The van der Waals surface area contributed by atoms with Crippen molar-refractivity contribution in [1.82, 2.24) is 9.80 Å². The molecule has 0 radical (unpaired) electrons. The minimum atomic E-state index is 0.106. The van der Waals surface area contributed by atoms with Gasteiger partial charge in [0.15, 0.2) is 0 Å². The quantitative estimate of drug-likeness (QED) is 0.771. The van der Waals surface area contributed by atoms with Crippen LogP contribution in [0.2, 0.25) is 0 Å². The fraction of sp³-hybridized carbons (Fsp3) is 0.417. The van der Waals surface area contributed by atoms with Gasteiger partial charge in [0.1, 0.15) is 0 Å². The Bertz CT molecular complexity index is 743. The molecule has 0 N–H and O–H groups in total. The molecule has 1 saturated carbocycles. The Labute approximate surface area is 157 Å². The highest BCUT2D eigenvalue weighted by Gasteiger charge is 2.39. The summed E-state index contributed by atoms with van der Waals surface area (Å²) in [5, 5.41) is 0. The molecule has 2 fully saturated rings. The second-order valence-electron chi connectivity index (χ2n) is 7.60. The normalized spacial score (nSPS) is 20.5. The third kappa shape index (κ3) is 4.01. The van der Waals surface area contributed by atoms with E-state index in [1.54, 1.807) is 0 Å². The lowest BCUT2D eigenvalue weighted by atomic mass is 9.94. The molecule has 0 spiro atoms. The second kappa shape index (κ2) is 8.08. The third-order valence-corrected chi connectivity index (χ3v) is 5.87. The predicted octanol–water partition coefficient (Wildman–Crippen LogP) is 4.17. The Morgan fingerprint density at radius 2 is 1.38 bits per heavy atom. The van der Waals surface area contributed by atoms with Crippen molar-refractivity contribution in [3.05, 3.63) is 71.8 Å².